The number of carbonyl (C=O) groups is 4. The topological polar surface area (TPSA) is 207 Å². The molecule has 1 fully saturated rings. The highest BCUT2D eigenvalue weighted by Crippen LogP contribution is 2.37. The number of benzene rings is 3. The van der Waals surface area contributed by atoms with Crippen molar-refractivity contribution in [1.29, 1.82) is 0 Å². The van der Waals surface area contributed by atoms with E-state index in [-0.39, 0.29) is 72.5 Å². The highest BCUT2D eigenvalue weighted by atomic mass is 16.6. The molecule has 4 atom stereocenters. The molecular weight excluding hydrogens is 731 g/mol. The summed E-state index contributed by atoms with van der Waals surface area (Å²) in [4.78, 5) is 69.5. The third-order valence-electron chi connectivity index (χ3n) is 10.4. The Morgan fingerprint density at radius 2 is 1.77 bits per heavy atom. The van der Waals surface area contributed by atoms with Gasteiger partial charge in [0.25, 0.3) is 11.6 Å². The van der Waals surface area contributed by atoms with Gasteiger partial charge in [0.05, 0.1) is 48.6 Å². The number of carbonyl (C=O) groups excluding carboxylic acids is 4. The van der Waals surface area contributed by atoms with E-state index in [9.17, 15) is 29.3 Å². The fourth-order valence-electron chi connectivity index (χ4n) is 7.15. The lowest BCUT2D eigenvalue weighted by Crippen LogP contribution is -2.46. The molecule has 0 aliphatic heterocycles. The molecule has 0 radical (unpaired) electrons. The van der Waals surface area contributed by atoms with E-state index in [2.05, 4.69) is 31.5 Å². The molecule has 1 aromatic heterocycles. The van der Waals surface area contributed by atoms with Gasteiger partial charge in [0.15, 0.2) is 11.5 Å². The van der Waals surface area contributed by atoms with Gasteiger partial charge in [-0.15, -0.1) is 0 Å². The Morgan fingerprint density at radius 1 is 1.00 bits per heavy atom. The van der Waals surface area contributed by atoms with E-state index in [1.807, 2.05) is 30.3 Å². The molecule has 5 N–H and O–H groups in total. The number of nitro groups is 1. The first-order valence-electron chi connectivity index (χ1n) is 19.7. The van der Waals surface area contributed by atoms with Crippen LogP contribution in [0.25, 0.3) is 10.8 Å². The predicted molar refractivity (Wildman–Crippen MR) is 215 cm³/mol. The Kier molecular flexibility index (Phi) is 15.9. The Bertz CT molecular complexity index is 1970. The summed E-state index contributed by atoms with van der Waals surface area (Å²) < 4.78 is 11.4. The van der Waals surface area contributed by atoms with Crippen molar-refractivity contribution in [2.75, 3.05) is 20.3 Å². The first-order valence-corrected chi connectivity index (χ1v) is 19.7. The zero-order valence-corrected chi connectivity index (χ0v) is 32.6. The monoisotopic (exact) mass is 783 g/mol. The van der Waals surface area contributed by atoms with Gasteiger partial charge >= 0.3 is 0 Å². The van der Waals surface area contributed by atoms with E-state index in [0.29, 0.717) is 17.7 Å². The lowest BCUT2D eigenvalue weighted by atomic mass is 9.91. The zero-order chi connectivity index (χ0) is 40.6. The summed E-state index contributed by atoms with van der Waals surface area (Å²) in [6, 6.07) is 15.2. The molecule has 0 bridgehead atoms. The van der Waals surface area contributed by atoms with Crippen molar-refractivity contribution >= 4 is 40.5 Å². The second-order valence-electron chi connectivity index (χ2n) is 14.6. The third kappa shape index (κ3) is 12.6. The van der Waals surface area contributed by atoms with E-state index in [0.717, 1.165) is 68.4 Å². The number of nitrogens with zero attached hydrogens (tertiary/aromatic N) is 2. The number of aldehydes is 1. The van der Waals surface area contributed by atoms with Crippen molar-refractivity contribution in [3.05, 3.63) is 94.1 Å². The maximum atomic E-state index is 13.5. The fraction of sp³-hybridized carbons (Fsp3) is 0.452. The van der Waals surface area contributed by atoms with Crippen LogP contribution in [-0.2, 0) is 20.8 Å². The number of aromatic nitrogens is 2. The molecule has 15 heteroatoms. The second kappa shape index (κ2) is 21.5. The molecule has 3 unspecified atom stereocenters. The quantitative estimate of drug-likeness (QED) is 0.0342. The van der Waals surface area contributed by atoms with Crippen molar-refractivity contribution in [2.45, 2.75) is 89.6 Å². The number of ether oxygens (including phenoxy) is 2. The molecule has 15 nitrogen and oxygen atoms in total. The summed E-state index contributed by atoms with van der Waals surface area (Å²) in [5, 5.41) is 20.2. The summed E-state index contributed by atoms with van der Waals surface area (Å²) in [5.41, 5.74) is 6.70. The van der Waals surface area contributed by atoms with Crippen molar-refractivity contribution in [2.24, 2.45) is 11.8 Å². The molecule has 1 saturated carbocycles. The van der Waals surface area contributed by atoms with Crippen LogP contribution >= 0.6 is 0 Å². The van der Waals surface area contributed by atoms with Crippen molar-refractivity contribution in [1.82, 2.24) is 31.5 Å². The molecule has 1 aliphatic rings. The maximum absolute atomic E-state index is 13.5. The molecule has 3 aromatic carbocycles. The highest BCUT2D eigenvalue weighted by molar-refractivity contribution is 5.98. The number of nitro benzene ring substituents is 1. The van der Waals surface area contributed by atoms with Gasteiger partial charge in [-0.3, -0.25) is 29.9 Å². The SMILES string of the molecule is COc1cc(C(C)NNC(=O)C(CNC(=O)c2ccc3ccccc3c2)Cc2cnc[nH]2)c([N+](=O)[O-])cc1OCCCC(=O)NC1CCCCC[C@@H](C=O)CCC1. The number of hydrazine groups is 1. The van der Waals surface area contributed by atoms with Crippen LogP contribution in [0.4, 0.5) is 5.69 Å². The number of rotatable bonds is 18. The minimum Gasteiger partial charge on any atom is -0.493 e. The Morgan fingerprint density at radius 3 is 2.53 bits per heavy atom. The van der Waals surface area contributed by atoms with Crippen molar-refractivity contribution < 1.29 is 33.6 Å². The molecule has 3 amide bonds. The molecule has 0 saturated heterocycles. The molecule has 5 rings (SSSR count). The lowest BCUT2D eigenvalue weighted by molar-refractivity contribution is -0.385. The van der Waals surface area contributed by atoms with Crippen LogP contribution in [-0.4, -0.2) is 65.2 Å². The van der Waals surface area contributed by atoms with E-state index in [1.54, 1.807) is 25.3 Å². The number of aromatic amines is 1. The maximum Gasteiger partial charge on any atom is 0.278 e. The Labute approximate surface area is 332 Å². The number of nitrogens with one attached hydrogen (secondary N) is 5. The van der Waals surface area contributed by atoms with Crippen LogP contribution in [0.5, 0.6) is 11.5 Å². The number of amides is 3. The molecular formula is C42H53N7O8. The summed E-state index contributed by atoms with van der Waals surface area (Å²) >= 11 is 0. The number of methoxy groups -OCH3 is 1. The Hall–Kier alpha value is -5.83. The molecule has 304 valence electrons. The smallest absolute Gasteiger partial charge is 0.278 e. The van der Waals surface area contributed by atoms with Crippen LogP contribution in [0, 0.1) is 22.0 Å². The predicted octanol–water partition coefficient (Wildman–Crippen LogP) is 6.04. The average Bonchev–Trinajstić information content (AvgIpc) is 3.74. The number of imidazole rings is 1. The van der Waals surface area contributed by atoms with Gasteiger partial charge in [-0.05, 0) is 68.0 Å². The molecule has 0 spiro atoms. The van der Waals surface area contributed by atoms with Gasteiger partial charge in [-0.1, -0.05) is 56.0 Å². The standard InChI is InChI=1S/C42H53N7O8/c1-28(47-48-42(53)33(21-35-25-43-27-45-35)24-44-41(52)32-18-17-30-12-6-7-13-31(30)20-32)36-22-38(56-2)39(23-37(36)49(54)55)57-19-9-16-40(51)46-34-14-5-3-4-10-29(26-50)11-8-15-34/h6-7,12-13,17-18,20,22-23,25-29,33-34,47H,3-5,8-11,14-16,19,21,24H2,1-2H3,(H,43,45)(H,44,52)(H,46,51)(H,48,53)/t28?,29-,33?,34?/m1/s1. The summed E-state index contributed by atoms with van der Waals surface area (Å²) in [6.45, 7) is 1.80. The third-order valence-corrected chi connectivity index (χ3v) is 10.4. The molecule has 57 heavy (non-hydrogen) atoms. The van der Waals surface area contributed by atoms with Crippen molar-refractivity contribution in [3.8, 4) is 11.5 Å². The van der Waals surface area contributed by atoms with Crippen LogP contribution in [0.15, 0.2) is 67.1 Å². The van der Waals surface area contributed by atoms with Crippen LogP contribution in [0.2, 0.25) is 0 Å². The van der Waals surface area contributed by atoms with Crippen molar-refractivity contribution in [3.63, 3.8) is 0 Å². The lowest BCUT2D eigenvalue weighted by Gasteiger charge is -2.22. The van der Waals surface area contributed by atoms with Crippen LogP contribution < -0.4 is 31.0 Å². The Balaban J connectivity index is 1.15. The first kappa shape index (κ1) is 42.3. The van der Waals surface area contributed by atoms with E-state index in [4.69, 9.17) is 9.47 Å². The molecule has 1 heterocycles. The fourth-order valence-corrected chi connectivity index (χ4v) is 7.15. The van der Waals surface area contributed by atoms with Crippen LogP contribution in [0.1, 0.15) is 98.8 Å². The minimum atomic E-state index is -0.743. The van der Waals surface area contributed by atoms with Gasteiger partial charge < -0.3 is 29.9 Å². The van der Waals surface area contributed by atoms with Gasteiger partial charge in [0.1, 0.15) is 6.29 Å². The molecule has 1 aliphatic carbocycles. The number of hydrogen-bond acceptors (Lipinski definition) is 10. The van der Waals surface area contributed by atoms with E-state index in [1.165, 1.54) is 25.6 Å². The highest BCUT2D eigenvalue weighted by Gasteiger charge is 2.26. The summed E-state index contributed by atoms with van der Waals surface area (Å²) in [7, 11) is 1.42. The minimum absolute atomic E-state index is 0.0116. The van der Waals surface area contributed by atoms with Gasteiger partial charge in [-0.2, -0.15) is 0 Å². The summed E-state index contributed by atoms with van der Waals surface area (Å²) in [5.74, 6) is -1.07. The molecule has 4 aromatic rings. The van der Waals surface area contributed by atoms with E-state index >= 15 is 0 Å². The first-order chi connectivity index (χ1) is 27.6. The normalized spacial score (nSPS) is 17.1. The van der Waals surface area contributed by atoms with Gasteiger partial charge in [-0.25, -0.2) is 10.4 Å². The number of H-pyrrole nitrogens is 1. The average molecular weight is 784 g/mol. The number of hydrogen-bond donors (Lipinski definition) is 5. The van der Waals surface area contributed by atoms with Crippen LogP contribution in [0.3, 0.4) is 0 Å². The number of fused-ring (bicyclic) bond motifs is 1. The zero-order valence-electron chi connectivity index (χ0n) is 32.6. The largest absolute Gasteiger partial charge is 0.493 e. The second-order valence-corrected chi connectivity index (χ2v) is 14.6. The summed E-state index contributed by atoms with van der Waals surface area (Å²) in [6.07, 6.45) is 12.5. The van der Waals surface area contributed by atoms with E-state index < -0.39 is 22.8 Å². The van der Waals surface area contributed by atoms with Gasteiger partial charge in [0.2, 0.25) is 11.8 Å². The van der Waals surface area contributed by atoms with Gasteiger partial charge in [0, 0.05) is 48.8 Å².